The van der Waals surface area contributed by atoms with Gasteiger partial charge in [0.15, 0.2) is 11.5 Å². The molecular formula is C18H18N4O4. The number of nitrogens with zero attached hydrogens (tertiary/aromatic N) is 2. The lowest BCUT2D eigenvalue weighted by molar-refractivity contribution is 0.0952. The molecule has 26 heavy (non-hydrogen) atoms. The minimum absolute atomic E-state index is 0.114. The number of aromatic amines is 1. The van der Waals surface area contributed by atoms with E-state index in [0.29, 0.717) is 36.4 Å². The summed E-state index contributed by atoms with van der Waals surface area (Å²) in [6.45, 7) is 3.11. The van der Waals surface area contributed by atoms with E-state index >= 15 is 0 Å². The second-order valence-corrected chi connectivity index (χ2v) is 5.96. The van der Waals surface area contributed by atoms with Gasteiger partial charge in [-0.1, -0.05) is 0 Å². The highest BCUT2D eigenvalue weighted by Crippen LogP contribution is 2.35. The van der Waals surface area contributed by atoms with Gasteiger partial charge in [0, 0.05) is 43.7 Å². The zero-order valence-electron chi connectivity index (χ0n) is 14.2. The van der Waals surface area contributed by atoms with E-state index in [0.717, 1.165) is 11.2 Å². The summed E-state index contributed by atoms with van der Waals surface area (Å²) in [5, 5.41) is 3.23. The van der Waals surface area contributed by atoms with Crippen LogP contribution in [0.5, 0.6) is 11.5 Å². The van der Waals surface area contributed by atoms with Gasteiger partial charge >= 0.3 is 0 Å². The zero-order chi connectivity index (χ0) is 18.1. The number of hydrogen-bond acceptors (Lipinski definition) is 5. The third-order valence-corrected chi connectivity index (χ3v) is 4.39. The van der Waals surface area contributed by atoms with Gasteiger partial charge in [0.25, 0.3) is 5.91 Å². The average Bonchev–Trinajstić information content (AvgIpc) is 3.32. The van der Waals surface area contributed by atoms with Crippen molar-refractivity contribution < 1.29 is 14.3 Å². The van der Waals surface area contributed by atoms with Gasteiger partial charge in [-0.25, -0.2) is 4.98 Å². The number of pyridine rings is 1. The Bertz CT molecular complexity index is 1020. The van der Waals surface area contributed by atoms with E-state index in [1.807, 2.05) is 11.5 Å². The molecule has 0 spiro atoms. The first-order valence-electron chi connectivity index (χ1n) is 8.39. The van der Waals surface area contributed by atoms with Crippen molar-refractivity contribution in [3.05, 3.63) is 52.3 Å². The van der Waals surface area contributed by atoms with Gasteiger partial charge in [0.2, 0.25) is 12.2 Å². The van der Waals surface area contributed by atoms with E-state index in [1.54, 1.807) is 30.9 Å². The molecule has 0 saturated carbocycles. The van der Waals surface area contributed by atoms with Crippen LogP contribution in [0.4, 0.5) is 0 Å². The minimum Gasteiger partial charge on any atom is -0.454 e. The Kier molecular flexibility index (Phi) is 4.08. The number of ether oxygens (including phenoxy) is 2. The number of fused-ring (bicyclic) bond motifs is 2. The highest BCUT2D eigenvalue weighted by Gasteiger charge is 2.20. The van der Waals surface area contributed by atoms with Gasteiger partial charge in [-0.2, -0.15) is 0 Å². The molecule has 3 aromatic rings. The van der Waals surface area contributed by atoms with Crippen LogP contribution in [0, 0.1) is 0 Å². The van der Waals surface area contributed by atoms with Crippen molar-refractivity contribution in [2.24, 2.45) is 0 Å². The molecular weight excluding hydrogens is 336 g/mol. The van der Waals surface area contributed by atoms with Crippen molar-refractivity contribution in [3.63, 3.8) is 0 Å². The van der Waals surface area contributed by atoms with Crippen molar-refractivity contribution in [2.75, 3.05) is 13.3 Å². The van der Waals surface area contributed by atoms with E-state index in [-0.39, 0.29) is 17.8 Å². The summed E-state index contributed by atoms with van der Waals surface area (Å²) in [5.74, 6) is 0.737. The number of imidazole rings is 1. The Labute approximate surface area is 148 Å². The van der Waals surface area contributed by atoms with Gasteiger partial charge in [-0.05, 0) is 13.0 Å². The predicted octanol–water partition coefficient (Wildman–Crippen LogP) is 1.45. The minimum atomic E-state index is -0.392. The summed E-state index contributed by atoms with van der Waals surface area (Å²) < 4.78 is 12.6. The first-order chi connectivity index (χ1) is 12.7. The topological polar surface area (TPSA) is 98.2 Å². The smallest absolute Gasteiger partial charge is 0.256 e. The number of amides is 1. The van der Waals surface area contributed by atoms with Crippen molar-refractivity contribution >= 4 is 16.8 Å². The number of hydrogen-bond donors (Lipinski definition) is 2. The summed E-state index contributed by atoms with van der Waals surface area (Å²) in [6.07, 6.45) is 5.50. The molecule has 0 bridgehead atoms. The number of rotatable bonds is 5. The summed E-state index contributed by atoms with van der Waals surface area (Å²) in [7, 11) is 0. The molecule has 1 aliphatic heterocycles. The van der Waals surface area contributed by atoms with Crippen molar-refractivity contribution in [1.82, 2.24) is 19.9 Å². The molecule has 134 valence electrons. The number of nitrogens with one attached hydrogen (secondary N) is 2. The normalized spacial score (nSPS) is 12.5. The molecule has 0 aliphatic carbocycles. The predicted molar refractivity (Wildman–Crippen MR) is 94.6 cm³/mol. The summed E-state index contributed by atoms with van der Waals surface area (Å²) >= 11 is 0. The highest BCUT2D eigenvalue weighted by molar-refractivity contribution is 5.97. The maximum absolute atomic E-state index is 12.8. The SMILES string of the molecule is CCn1cc(C(=O)NCCc2cnc[nH]2)c(=O)c2cc3c(cc21)OCO3. The molecule has 1 amide bonds. The number of carbonyl (C=O) groups is 1. The maximum Gasteiger partial charge on any atom is 0.256 e. The fourth-order valence-electron chi connectivity index (χ4n) is 3.03. The quantitative estimate of drug-likeness (QED) is 0.723. The monoisotopic (exact) mass is 354 g/mol. The Hall–Kier alpha value is -3.29. The Morgan fingerprint density at radius 1 is 1.35 bits per heavy atom. The molecule has 2 N–H and O–H groups in total. The molecule has 8 nitrogen and oxygen atoms in total. The van der Waals surface area contributed by atoms with Crippen molar-refractivity contribution in [1.29, 1.82) is 0 Å². The lowest BCUT2D eigenvalue weighted by Gasteiger charge is -2.12. The summed E-state index contributed by atoms with van der Waals surface area (Å²) in [6, 6.07) is 3.43. The first-order valence-corrected chi connectivity index (χ1v) is 8.39. The van der Waals surface area contributed by atoms with E-state index in [1.165, 1.54) is 0 Å². The number of aryl methyl sites for hydroxylation is 1. The first kappa shape index (κ1) is 16.2. The second kappa shape index (κ2) is 6.55. The molecule has 0 atom stereocenters. The van der Waals surface area contributed by atoms with E-state index < -0.39 is 5.91 Å². The standard InChI is InChI=1S/C18H18N4O4/c1-2-22-8-13(18(24)20-4-3-11-7-19-9-21-11)17(23)12-5-15-16(6-14(12)22)26-10-25-15/h5-9H,2-4,10H2,1H3,(H,19,21)(H,20,24). The van der Waals surface area contributed by atoms with Crippen LogP contribution in [0.3, 0.4) is 0 Å². The van der Waals surface area contributed by atoms with Crippen LogP contribution >= 0.6 is 0 Å². The fourth-order valence-corrected chi connectivity index (χ4v) is 3.03. The fraction of sp³-hybridized carbons (Fsp3) is 0.278. The third kappa shape index (κ3) is 2.79. The Morgan fingerprint density at radius 3 is 2.88 bits per heavy atom. The van der Waals surface area contributed by atoms with Crippen LogP contribution in [0.25, 0.3) is 10.9 Å². The highest BCUT2D eigenvalue weighted by atomic mass is 16.7. The van der Waals surface area contributed by atoms with Crippen LogP contribution in [0.1, 0.15) is 23.0 Å². The zero-order valence-corrected chi connectivity index (χ0v) is 14.2. The molecule has 3 heterocycles. The molecule has 1 aliphatic rings. The Morgan fingerprint density at radius 2 is 2.15 bits per heavy atom. The molecule has 2 aromatic heterocycles. The Balaban J connectivity index is 1.66. The van der Waals surface area contributed by atoms with Crippen LogP contribution in [-0.2, 0) is 13.0 Å². The van der Waals surface area contributed by atoms with Crippen LogP contribution < -0.4 is 20.2 Å². The molecule has 8 heteroatoms. The lowest BCUT2D eigenvalue weighted by atomic mass is 10.1. The maximum atomic E-state index is 12.8. The van der Waals surface area contributed by atoms with Crippen LogP contribution in [-0.4, -0.2) is 33.8 Å². The summed E-state index contributed by atoms with van der Waals surface area (Å²) in [4.78, 5) is 32.3. The molecule has 0 radical (unpaired) electrons. The van der Waals surface area contributed by atoms with Crippen LogP contribution in [0.2, 0.25) is 0 Å². The van der Waals surface area contributed by atoms with E-state index in [2.05, 4.69) is 15.3 Å². The molecule has 4 rings (SSSR count). The molecule has 0 unspecified atom stereocenters. The van der Waals surface area contributed by atoms with E-state index in [4.69, 9.17) is 9.47 Å². The number of benzene rings is 1. The molecule has 1 aromatic carbocycles. The van der Waals surface area contributed by atoms with Gasteiger partial charge in [-0.3, -0.25) is 9.59 Å². The third-order valence-electron chi connectivity index (χ3n) is 4.39. The summed E-state index contributed by atoms with van der Waals surface area (Å²) in [5.41, 5.74) is 1.43. The van der Waals surface area contributed by atoms with Gasteiger partial charge in [0.1, 0.15) is 5.56 Å². The average molecular weight is 354 g/mol. The number of aromatic nitrogens is 3. The number of H-pyrrole nitrogens is 1. The van der Waals surface area contributed by atoms with E-state index in [9.17, 15) is 9.59 Å². The largest absolute Gasteiger partial charge is 0.454 e. The number of carbonyl (C=O) groups excluding carboxylic acids is 1. The second-order valence-electron chi connectivity index (χ2n) is 5.96. The van der Waals surface area contributed by atoms with Gasteiger partial charge in [-0.15, -0.1) is 0 Å². The van der Waals surface area contributed by atoms with Crippen LogP contribution in [0.15, 0.2) is 35.6 Å². The lowest BCUT2D eigenvalue weighted by Crippen LogP contribution is -2.31. The van der Waals surface area contributed by atoms with Crippen molar-refractivity contribution in [2.45, 2.75) is 19.9 Å². The molecule has 0 fully saturated rings. The van der Waals surface area contributed by atoms with Gasteiger partial charge in [0.05, 0.1) is 17.2 Å². The van der Waals surface area contributed by atoms with Crippen molar-refractivity contribution in [3.8, 4) is 11.5 Å². The molecule has 0 saturated heterocycles. The van der Waals surface area contributed by atoms with Gasteiger partial charge < -0.3 is 24.3 Å².